The van der Waals surface area contributed by atoms with Gasteiger partial charge in [-0.15, -0.1) is 0 Å². The Labute approximate surface area is 146 Å². The lowest BCUT2D eigenvalue weighted by Gasteiger charge is -2.42. The summed E-state index contributed by atoms with van der Waals surface area (Å²) in [5, 5.41) is 9.72. The molecule has 0 aliphatic carbocycles. The lowest BCUT2D eigenvalue weighted by Crippen LogP contribution is -2.55. The van der Waals surface area contributed by atoms with Crippen LogP contribution in [-0.2, 0) is 4.74 Å². The molecule has 0 bridgehead atoms. The van der Waals surface area contributed by atoms with E-state index in [0.717, 1.165) is 12.8 Å². The Morgan fingerprint density at radius 1 is 1.36 bits per heavy atom. The number of nitrogens with one attached hydrogen (secondary N) is 2. The van der Waals surface area contributed by atoms with E-state index < -0.39 is 0 Å². The fourth-order valence-electron chi connectivity index (χ4n) is 3.12. The number of carbonyl (C=O) groups is 1. The predicted molar refractivity (Wildman–Crippen MR) is 92.8 cm³/mol. The average Bonchev–Trinajstić information content (AvgIpc) is 3.10. The zero-order valence-corrected chi connectivity index (χ0v) is 14.5. The number of benzene rings is 1. The van der Waals surface area contributed by atoms with Gasteiger partial charge in [0.25, 0.3) is 5.91 Å². The quantitative estimate of drug-likeness (QED) is 0.869. The Morgan fingerprint density at radius 3 is 2.76 bits per heavy atom. The summed E-state index contributed by atoms with van der Waals surface area (Å²) in [6.07, 6.45) is 1.73. The van der Waals surface area contributed by atoms with Crippen molar-refractivity contribution in [3.8, 4) is 11.3 Å². The number of likely N-dealkylation sites (N-methyl/N-ethyl adjacent to an activating group) is 1. The van der Waals surface area contributed by atoms with Crippen LogP contribution in [0, 0.1) is 5.82 Å². The molecule has 0 unspecified atom stereocenters. The molecule has 1 fully saturated rings. The Bertz CT molecular complexity index is 738. The first-order chi connectivity index (χ1) is 12.0. The van der Waals surface area contributed by atoms with Crippen molar-refractivity contribution in [2.75, 3.05) is 33.9 Å². The van der Waals surface area contributed by atoms with Gasteiger partial charge in [0.05, 0.1) is 5.69 Å². The molecule has 2 N–H and O–H groups in total. The number of aromatic nitrogens is 2. The number of hydrogen-bond donors (Lipinski definition) is 2. The van der Waals surface area contributed by atoms with E-state index >= 15 is 0 Å². The minimum Gasteiger partial charge on any atom is -0.381 e. The summed E-state index contributed by atoms with van der Waals surface area (Å²) >= 11 is 0. The van der Waals surface area contributed by atoms with E-state index in [1.54, 1.807) is 24.3 Å². The van der Waals surface area contributed by atoms with E-state index in [0.29, 0.717) is 36.7 Å². The van der Waals surface area contributed by atoms with Crippen LogP contribution in [0.4, 0.5) is 4.39 Å². The van der Waals surface area contributed by atoms with E-state index in [1.165, 1.54) is 6.07 Å². The van der Waals surface area contributed by atoms with Crippen LogP contribution in [0.15, 0.2) is 30.3 Å². The molecule has 2 heterocycles. The standard InChI is InChI=1S/C18H23FN4O2/c1-23(2)18(7-9-25-10-8-18)12-20-17(24)16-11-15(21-22-16)13-5-3-4-6-14(13)19/h3-6,11H,7-10,12H2,1-2H3,(H,20,24)(H,21,22). The molecule has 3 rings (SSSR count). The van der Waals surface area contributed by atoms with Crippen LogP contribution < -0.4 is 5.32 Å². The van der Waals surface area contributed by atoms with Gasteiger partial charge in [-0.1, -0.05) is 12.1 Å². The highest BCUT2D eigenvalue weighted by atomic mass is 19.1. The van der Waals surface area contributed by atoms with Crippen LogP contribution in [0.1, 0.15) is 23.3 Å². The minimum atomic E-state index is -0.366. The molecule has 0 spiro atoms. The van der Waals surface area contributed by atoms with Gasteiger partial charge >= 0.3 is 0 Å². The van der Waals surface area contributed by atoms with Gasteiger partial charge in [0, 0.05) is 30.9 Å². The molecule has 0 radical (unpaired) electrons. The summed E-state index contributed by atoms with van der Waals surface area (Å²) in [5.41, 5.74) is 0.991. The molecule has 7 heteroatoms. The zero-order chi connectivity index (χ0) is 17.9. The Kier molecular flexibility index (Phi) is 5.15. The number of hydrogen-bond acceptors (Lipinski definition) is 4. The molecular formula is C18H23FN4O2. The maximum atomic E-state index is 13.8. The van der Waals surface area contributed by atoms with Crippen molar-refractivity contribution >= 4 is 5.91 Å². The van der Waals surface area contributed by atoms with Crippen molar-refractivity contribution in [2.45, 2.75) is 18.4 Å². The maximum Gasteiger partial charge on any atom is 0.269 e. The summed E-state index contributed by atoms with van der Waals surface area (Å²) in [7, 11) is 4.04. The maximum absolute atomic E-state index is 13.8. The molecule has 6 nitrogen and oxygen atoms in total. The number of ether oxygens (including phenoxy) is 1. The third-order valence-corrected chi connectivity index (χ3v) is 4.92. The number of amides is 1. The van der Waals surface area contributed by atoms with Gasteiger partial charge in [-0.05, 0) is 45.1 Å². The second kappa shape index (κ2) is 7.33. The minimum absolute atomic E-state index is 0.109. The van der Waals surface area contributed by atoms with Gasteiger partial charge < -0.3 is 15.0 Å². The topological polar surface area (TPSA) is 70.2 Å². The molecule has 1 aliphatic heterocycles. The lowest BCUT2D eigenvalue weighted by atomic mass is 9.88. The molecule has 1 amide bonds. The fourth-order valence-corrected chi connectivity index (χ4v) is 3.12. The van der Waals surface area contributed by atoms with Crippen LogP contribution in [0.2, 0.25) is 0 Å². The largest absolute Gasteiger partial charge is 0.381 e. The predicted octanol–water partition coefficient (Wildman–Crippen LogP) is 2.06. The van der Waals surface area contributed by atoms with Crippen LogP contribution in [0.25, 0.3) is 11.3 Å². The van der Waals surface area contributed by atoms with Crippen molar-refractivity contribution < 1.29 is 13.9 Å². The molecule has 0 saturated carbocycles. The lowest BCUT2D eigenvalue weighted by molar-refractivity contribution is -0.00660. The Morgan fingerprint density at radius 2 is 2.08 bits per heavy atom. The van der Waals surface area contributed by atoms with E-state index in [1.807, 2.05) is 14.1 Å². The van der Waals surface area contributed by atoms with Crippen molar-refractivity contribution in [2.24, 2.45) is 0 Å². The summed E-state index contributed by atoms with van der Waals surface area (Å²) in [5.74, 6) is -0.613. The van der Waals surface area contributed by atoms with E-state index in [2.05, 4.69) is 20.4 Å². The molecule has 134 valence electrons. The van der Waals surface area contributed by atoms with Gasteiger partial charge in [-0.3, -0.25) is 9.89 Å². The number of aromatic amines is 1. The first kappa shape index (κ1) is 17.6. The molecular weight excluding hydrogens is 323 g/mol. The number of carbonyl (C=O) groups excluding carboxylic acids is 1. The summed E-state index contributed by atoms with van der Waals surface area (Å²) in [6.45, 7) is 1.90. The van der Waals surface area contributed by atoms with Crippen LogP contribution in [0.5, 0.6) is 0 Å². The summed E-state index contributed by atoms with van der Waals surface area (Å²) in [4.78, 5) is 14.6. The van der Waals surface area contributed by atoms with Gasteiger partial charge in [0.2, 0.25) is 0 Å². The van der Waals surface area contributed by atoms with Crippen molar-refractivity contribution in [3.05, 3.63) is 41.8 Å². The Hall–Kier alpha value is -2.25. The van der Waals surface area contributed by atoms with Gasteiger partial charge in [-0.2, -0.15) is 5.10 Å². The molecule has 1 aliphatic rings. The monoisotopic (exact) mass is 346 g/mol. The number of nitrogens with zero attached hydrogens (tertiary/aromatic N) is 2. The van der Waals surface area contributed by atoms with E-state index in [4.69, 9.17) is 4.74 Å². The molecule has 1 saturated heterocycles. The number of H-pyrrole nitrogens is 1. The molecule has 1 aromatic heterocycles. The zero-order valence-electron chi connectivity index (χ0n) is 14.5. The van der Waals surface area contributed by atoms with Crippen LogP contribution in [0.3, 0.4) is 0 Å². The smallest absolute Gasteiger partial charge is 0.269 e. The fraction of sp³-hybridized carbons (Fsp3) is 0.444. The normalized spacial score (nSPS) is 16.8. The van der Waals surface area contributed by atoms with Gasteiger partial charge in [0.15, 0.2) is 0 Å². The summed E-state index contributed by atoms with van der Waals surface area (Å²) in [6, 6.07) is 7.93. The average molecular weight is 346 g/mol. The van der Waals surface area contributed by atoms with Crippen LogP contribution in [-0.4, -0.2) is 60.4 Å². The first-order valence-electron chi connectivity index (χ1n) is 8.35. The van der Waals surface area contributed by atoms with Crippen LogP contribution >= 0.6 is 0 Å². The van der Waals surface area contributed by atoms with Crippen molar-refractivity contribution in [1.82, 2.24) is 20.4 Å². The third kappa shape index (κ3) is 3.72. The van der Waals surface area contributed by atoms with Gasteiger partial charge in [0.1, 0.15) is 11.5 Å². The summed E-state index contributed by atoms with van der Waals surface area (Å²) < 4.78 is 19.3. The molecule has 25 heavy (non-hydrogen) atoms. The third-order valence-electron chi connectivity index (χ3n) is 4.92. The van der Waals surface area contributed by atoms with Crippen molar-refractivity contribution in [1.29, 1.82) is 0 Å². The molecule has 0 atom stereocenters. The number of halogens is 1. The van der Waals surface area contributed by atoms with E-state index in [9.17, 15) is 9.18 Å². The highest BCUT2D eigenvalue weighted by Crippen LogP contribution is 2.25. The number of rotatable bonds is 5. The molecule has 1 aromatic carbocycles. The molecule has 2 aromatic rings. The Balaban J connectivity index is 1.69. The SMILES string of the molecule is CN(C)C1(CNC(=O)c2cc(-c3ccccc3F)n[nH]2)CCOCC1. The second-order valence-electron chi connectivity index (χ2n) is 6.56. The highest BCUT2D eigenvalue weighted by Gasteiger charge is 2.35. The van der Waals surface area contributed by atoms with Gasteiger partial charge in [-0.25, -0.2) is 4.39 Å². The first-order valence-corrected chi connectivity index (χ1v) is 8.35. The highest BCUT2D eigenvalue weighted by molar-refractivity contribution is 5.93. The van der Waals surface area contributed by atoms with E-state index in [-0.39, 0.29) is 17.3 Å². The van der Waals surface area contributed by atoms with Crippen molar-refractivity contribution in [3.63, 3.8) is 0 Å². The second-order valence-corrected chi connectivity index (χ2v) is 6.56.